The van der Waals surface area contributed by atoms with Gasteiger partial charge in [-0.15, -0.1) is 10.2 Å². The Morgan fingerprint density at radius 2 is 1.47 bits per heavy atom. The molecule has 3 aromatic heterocycles. The molecule has 0 bridgehead atoms. The third-order valence-corrected chi connectivity index (χ3v) is 5.57. The predicted molar refractivity (Wildman–Crippen MR) is 130 cm³/mol. The monoisotopic (exact) mass is 424 g/mol. The Labute approximate surface area is 185 Å². The van der Waals surface area contributed by atoms with Gasteiger partial charge in [-0.1, -0.05) is 43.3 Å². The van der Waals surface area contributed by atoms with Crippen LogP contribution in [0.4, 0.5) is 5.95 Å². The molecule has 5 rings (SSSR count). The molecule has 5 aromatic rings. The van der Waals surface area contributed by atoms with E-state index in [0.717, 1.165) is 50.1 Å². The van der Waals surface area contributed by atoms with Crippen molar-refractivity contribution >= 4 is 40.2 Å². The molecule has 3 heterocycles. The lowest BCUT2D eigenvalue weighted by molar-refractivity contribution is 0.790. The zero-order valence-electron chi connectivity index (χ0n) is 18.2. The van der Waals surface area contributed by atoms with E-state index in [9.17, 15) is 0 Å². The minimum absolute atomic E-state index is 0.462. The highest BCUT2D eigenvalue weighted by molar-refractivity contribution is 6.01. The van der Waals surface area contributed by atoms with Crippen molar-refractivity contribution in [1.29, 1.82) is 0 Å². The van der Waals surface area contributed by atoms with Crippen LogP contribution in [0.5, 0.6) is 0 Å². The summed E-state index contributed by atoms with van der Waals surface area (Å²) in [5.74, 6) is 1.21. The number of H-pyrrole nitrogens is 2. The summed E-state index contributed by atoms with van der Waals surface area (Å²) in [5, 5.41) is 19.8. The normalized spacial score (nSPS) is 12.1. The molecule has 0 aliphatic carbocycles. The van der Waals surface area contributed by atoms with E-state index in [-0.39, 0.29) is 0 Å². The number of para-hydroxylation sites is 2. The lowest BCUT2D eigenvalue weighted by atomic mass is 10.1. The van der Waals surface area contributed by atoms with Gasteiger partial charge in [0.25, 0.3) is 5.95 Å². The van der Waals surface area contributed by atoms with E-state index < -0.39 is 0 Å². The van der Waals surface area contributed by atoms with Crippen LogP contribution in [0, 0.1) is 13.8 Å². The maximum absolute atomic E-state index is 4.68. The van der Waals surface area contributed by atoms with Crippen molar-refractivity contribution in [3.63, 3.8) is 0 Å². The molecule has 8 heteroatoms. The van der Waals surface area contributed by atoms with Gasteiger partial charge in [0, 0.05) is 50.7 Å². The summed E-state index contributed by atoms with van der Waals surface area (Å²) in [6.45, 7) is 6.10. The number of benzene rings is 2. The summed E-state index contributed by atoms with van der Waals surface area (Å²) < 4.78 is 1.70. The van der Waals surface area contributed by atoms with Gasteiger partial charge in [0.1, 0.15) is 0 Å². The molecular formula is C24H24N8. The molecule has 0 radical (unpaired) electrons. The number of nitrogens with zero attached hydrogens (tertiary/aromatic N) is 5. The average Bonchev–Trinajstić information content (AvgIpc) is 3.45. The summed E-state index contributed by atoms with van der Waals surface area (Å²) in [6.07, 6.45) is 4.34. The highest BCUT2D eigenvalue weighted by Crippen LogP contribution is 2.21. The third kappa shape index (κ3) is 3.45. The molecule has 0 aliphatic rings. The van der Waals surface area contributed by atoms with Crippen LogP contribution in [0.1, 0.15) is 35.3 Å². The molecule has 0 saturated carbocycles. The first-order valence-electron chi connectivity index (χ1n) is 10.6. The van der Waals surface area contributed by atoms with Gasteiger partial charge >= 0.3 is 0 Å². The van der Waals surface area contributed by atoms with Gasteiger partial charge in [-0.2, -0.15) is 14.9 Å². The standard InChI is InChI=1S/C24H24N8/c1-4-23-29-31-24(30-25-13-19-15(2)27-21-11-7-5-9-17(19)21)32(23)26-14-20-16(3)28-22-12-8-6-10-18(20)22/h5-14,27-28H,4H2,1-3H3,(H,30,31)/b25-13-,26-14-. The van der Waals surface area contributed by atoms with Crippen molar-refractivity contribution in [2.45, 2.75) is 27.2 Å². The highest BCUT2D eigenvalue weighted by atomic mass is 15.5. The van der Waals surface area contributed by atoms with Crippen LogP contribution >= 0.6 is 0 Å². The molecule has 0 atom stereocenters. The summed E-state index contributed by atoms with van der Waals surface area (Å²) in [6, 6.07) is 16.3. The number of nitrogens with one attached hydrogen (secondary N) is 3. The fourth-order valence-electron chi connectivity index (χ4n) is 3.92. The maximum Gasteiger partial charge on any atom is 0.266 e. The number of hydrogen-bond acceptors (Lipinski definition) is 5. The second-order valence-corrected chi connectivity index (χ2v) is 7.64. The van der Waals surface area contributed by atoms with Crippen molar-refractivity contribution in [2.75, 3.05) is 5.43 Å². The minimum Gasteiger partial charge on any atom is -0.358 e. The summed E-state index contributed by atoms with van der Waals surface area (Å²) in [5.41, 5.74) is 9.37. The molecule has 0 unspecified atom stereocenters. The molecule has 0 aliphatic heterocycles. The Bertz CT molecular complexity index is 1460. The van der Waals surface area contributed by atoms with E-state index in [1.807, 2.05) is 51.3 Å². The SMILES string of the molecule is CCc1nnc(N/N=C\c2c(C)[nH]c3ccccc23)n1/N=C\c1c(C)[nH]c2ccccc12. The Kier molecular flexibility index (Phi) is 5.03. The topological polar surface area (TPSA) is 99.0 Å². The van der Waals surface area contributed by atoms with Crippen LogP contribution in [0.2, 0.25) is 0 Å². The third-order valence-electron chi connectivity index (χ3n) is 5.57. The predicted octanol–water partition coefficient (Wildman–Crippen LogP) is 4.75. The van der Waals surface area contributed by atoms with Crippen molar-refractivity contribution < 1.29 is 0 Å². The molecule has 0 fully saturated rings. The second kappa shape index (κ2) is 8.14. The summed E-state index contributed by atoms with van der Waals surface area (Å²) in [7, 11) is 0. The number of hydrogen-bond donors (Lipinski definition) is 3. The van der Waals surface area contributed by atoms with E-state index in [0.29, 0.717) is 12.4 Å². The van der Waals surface area contributed by atoms with Crippen molar-refractivity contribution in [3.05, 3.63) is 76.9 Å². The summed E-state index contributed by atoms with van der Waals surface area (Å²) in [4.78, 5) is 6.77. The number of hydrazone groups is 1. The zero-order chi connectivity index (χ0) is 22.1. The first kappa shape index (κ1) is 19.7. The number of rotatable bonds is 6. The molecule has 3 N–H and O–H groups in total. The Morgan fingerprint density at radius 3 is 2.09 bits per heavy atom. The second-order valence-electron chi connectivity index (χ2n) is 7.64. The van der Waals surface area contributed by atoms with E-state index in [1.54, 1.807) is 10.9 Å². The van der Waals surface area contributed by atoms with Gasteiger partial charge in [-0.3, -0.25) is 0 Å². The van der Waals surface area contributed by atoms with Gasteiger partial charge in [0.15, 0.2) is 5.82 Å². The van der Waals surface area contributed by atoms with Gasteiger partial charge in [-0.25, -0.2) is 5.43 Å². The van der Waals surface area contributed by atoms with Gasteiger partial charge < -0.3 is 9.97 Å². The minimum atomic E-state index is 0.462. The van der Waals surface area contributed by atoms with E-state index in [1.165, 1.54) is 0 Å². The molecule has 160 valence electrons. The van der Waals surface area contributed by atoms with Crippen molar-refractivity contribution in [3.8, 4) is 0 Å². The molecule has 0 spiro atoms. The van der Waals surface area contributed by atoms with Gasteiger partial charge in [-0.05, 0) is 26.0 Å². The quantitative estimate of drug-likeness (QED) is 0.271. The largest absolute Gasteiger partial charge is 0.358 e. The van der Waals surface area contributed by atoms with Crippen molar-refractivity contribution in [1.82, 2.24) is 24.8 Å². The first-order valence-corrected chi connectivity index (χ1v) is 10.6. The molecule has 0 amide bonds. The number of fused-ring (bicyclic) bond motifs is 2. The van der Waals surface area contributed by atoms with E-state index in [2.05, 4.69) is 60.1 Å². The lowest BCUT2D eigenvalue weighted by Crippen LogP contribution is -2.03. The van der Waals surface area contributed by atoms with Crippen LogP contribution in [0.3, 0.4) is 0 Å². The Balaban J connectivity index is 1.44. The summed E-state index contributed by atoms with van der Waals surface area (Å²) >= 11 is 0. The average molecular weight is 425 g/mol. The van der Waals surface area contributed by atoms with Crippen LogP contribution in [-0.4, -0.2) is 37.3 Å². The van der Waals surface area contributed by atoms with Crippen LogP contribution < -0.4 is 5.43 Å². The smallest absolute Gasteiger partial charge is 0.266 e. The van der Waals surface area contributed by atoms with Gasteiger partial charge in [0.05, 0.1) is 12.4 Å². The van der Waals surface area contributed by atoms with Crippen molar-refractivity contribution in [2.24, 2.45) is 10.2 Å². The number of aromatic nitrogens is 5. The van der Waals surface area contributed by atoms with Crippen LogP contribution in [0.25, 0.3) is 21.8 Å². The number of aromatic amines is 2. The maximum atomic E-state index is 4.68. The molecule has 32 heavy (non-hydrogen) atoms. The fourth-order valence-corrected chi connectivity index (χ4v) is 3.92. The van der Waals surface area contributed by atoms with Gasteiger partial charge in [0.2, 0.25) is 0 Å². The molecule has 0 saturated heterocycles. The Morgan fingerprint density at radius 1 is 0.875 bits per heavy atom. The Hall–Kier alpha value is -4.20. The molecule has 2 aromatic carbocycles. The fraction of sp³-hybridized carbons (Fsp3) is 0.167. The van der Waals surface area contributed by atoms with E-state index >= 15 is 0 Å². The molecular weight excluding hydrogens is 400 g/mol. The number of anilines is 1. The number of aryl methyl sites for hydroxylation is 3. The first-order chi connectivity index (χ1) is 15.7. The highest BCUT2D eigenvalue weighted by Gasteiger charge is 2.11. The van der Waals surface area contributed by atoms with E-state index in [4.69, 9.17) is 0 Å². The van der Waals surface area contributed by atoms with Crippen LogP contribution in [0.15, 0.2) is 58.7 Å². The molecule has 8 nitrogen and oxygen atoms in total. The lowest BCUT2D eigenvalue weighted by Gasteiger charge is -2.02. The van der Waals surface area contributed by atoms with Crippen LogP contribution in [-0.2, 0) is 6.42 Å². The zero-order valence-corrected chi connectivity index (χ0v) is 18.2.